The van der Waals surface area contributed by atoms with E-state index in [4.69, 9.17) is 9.84 Å². The van der Waals surface area contributed by atoms with Gasteiger partial charge < -0.3 is 20.1 Å². The molecular formula is C13H17N3O5. The van der Waals surface area contributed by atoms with Crippen LogP contribution in [0.25, 0.3) is 0 Å². The Morgan fingerprint density at radius 2 is 2.29 bits per heavy atom. The van der Waals surface area contributed by atoms with Crippen LogP contribution < -0.4 is 10.2 Å². The number of nitrogens with one attached hydrogen (secondary N) is 1. The molecule has 0 radical (unpaired) electrons. The molecular weight excluding hydrogens is 278 g/mol. The fraction of sp³-hybridized carbons (Fsp3) is 0.462. The Bertz CT molecular complexity index is 535. The molecule has 0 aliphatic carbocycles. The van der Waals surface area contributed by atoms with Crippen LogP contribution in [0.15, 0.2) is 18.2 Å². The topological polar surface area (TPSA) is 105 Å². The first-order valence-corrected chi connectivity index (χ1v) is 6.65. The average Bonchev–Trinajstić information content (AvgIpc) is 2.48. The van der Waals surface area contributed by atoms with Crippen LogP contribution in [0.2, 0.25) is 0 Å². The third kappa shape index (κ3) is 3.67. The van der Waals surface area contributed by atoms with E-state index in [1.165, 1.54) is 11.0 Å². The zero-order valence-electron chi connectivity index (χ0n) is 11.4. The summed E-state index contributed by atoms with van der Waals surface area (Å²) in [7, 11) is 0. The van der Waals surface area contributed by atoms with E-state index in [2.05, 4.69) is 5.32 Å². The average molecular weight is 295 g/mol. The number of nitro groups is 1. The maximum absolute atomic E-state index is 11.8. The Kier molecular flexibility index (Phi) is 5.07. The summed E-state index contributed by atoms with van der Waals surface area (Å²) in [6, 6.07) is 4.62. The van der Waals surface area contributed by atoms with E-state index < -0.39 is 4.92 Å². The van der Waals surface area contributed by atoms with Crippen molar-refractivity contribution in [2.75, 3.05) is 43.1 Å². The van der Waals surface area contributed by atoms with Crippen molar-refractivity contribution in [2.45, 2.75) is 6.42 Å². The molecule has 21 heavy (non-hydrogen) atoms. The second-order valence-corrected chi connectivity index (χ2v) is 4.56. The summed E-state index contributed by atoms with van der Waals surface area (Å²) in [5.74, 6) is -0.212. The minimum Gasteiger partial charge on any atom is -0.396 e. The second kappa shape index (κ2) is 7.00. The standard InChI is InChI=1S/C13H17N3O5/c17-6-1-4-14-11-3-2-10(8-12(11)16(19)20)15-5-7-21-9-13(15)18/h2-3,8,14,17H,1,4-7,9H2. The van der Waals surface area contributed by atoms with Crippen LogP contribution in [-0.2, 0) is 9.53 Å². The Morgan fingerprint density at radius 1 is 1.48 bits per heavy atom. The van der Waals surface area contributed by atoms with Crippen molar-refractivity contribution < 1.29 is 19.6 Å². The molecule has 0 spiro atoms. The zero-order valence-corrected chi connectivity index (χ0v) is 11.4. The summed E-state index contributed by atoms with van der Waals surface area (Å²) >= 11 is 0. The minimum absolute atomic E-state index is 0.00962. The van der Waals surface area contributed by atoms with Crippen LogP contribution in [0.1, 0.15) is 6.42 Å². The molecule has 1 saturated heterocycles. The quantitative estimate of drug-likeness (QED) is 0.456. The van der Waals surface area contributed by atoms with Gasteiger partial charge in [0.1, 0.15) is 12.3 Å². The molecule has 1 aromatic carbocycles. The van der Waals surface area contributed by atoms with Gasteiger partial charge in [0, 0.05) is 25.8 Å². The molecule has 2 N–H and O–H groups in total. The Hall–Kier alpha value is -2.19. The normalized spacial score (nSPS) is 15.1. The van der Waals surface area contributed by atoms with Crippen molar-refractivity contribution in [1.82, 2.24) is 0 Å². The van der Waals surface area contributed by atoms with E-state index in [1.54, 1.807) is 12.1 Å². The Morgan fingerprint density at radius 3 is 2.95 bits per heavy atom. The van der Waals surface area contributed by atoms with Gasteiger partial charge in [-0.25, -0.2) is 0 Å². The number of nitrogens with zero attached hydrogens (tertiary/aromatic N) is 2. The third-order valence-electron chi connectivity index (χ3n) is 3.13. The predicted octanol–water partition coefficient (Wildman–Crippen LogP) is 0.752. The number of morpholine rings is 1. The van der Waals surface area contributed by atoms with Crippen LogP contribution in [-0.4, -0.2) is 48.8 Å². The van der Waals surface area contributed by atoms with E-state index in [0.29, 0.717) is 37.5 Å². The number of nitro benzene ring substituents is 1. The lowest BCUT2D eigenvalue weighted by molar-refractivity contribution is -0.383. The number of carbonyl (C=O) groups is 1. The van der Waals surface area contributed by atoms with Crippen LogP contribution in [0.3, 0.4) is 0 Å². The number of aliphatic hydroxyl groups is 1. The van der Waals surface area contributed by atoms with Gasteiger partial charge in [0.25, 0.3) is 11.6 Å². The lowest BCUT2D eigenvalue weighted by Gasteiger charge is -2.26. The van der Waals surface area contributed by atoms with Gasteiger partial charge in [-0.2, -0.15) is 0 Å². The van der Waals surface area contributed by atoms with Gasteiger partial charge in [0.05, 0.1) is 17.2 Å². The minimum atomic E-state index is -0.490. The number of amides is 1. The maximum Gasteiger partial charge on any atom is 0.294 e. The molecule has 1 fully saturated rings. The summed E-state index contributed by atoms with van der Waals surface area (Å²) in [6.07, 6.45) is 0.501. The fourth-order valence-corrected chi connectivity index (χ4v) is 2.08. The maximum atomic E-state index is 11.8. The summed E-state index contributed by atoms with van der Waals surface area (Å²) in [5.41, 5.74) is 0.769. The number of hydrogen-bond acceptors (Lipinski definition) is 6. The van der Waals surface area contributed by atoms with Crippen LogP contribution in [0, 0.1) is 10.1 Å². The third-order valence-corrected chi connectivity index (χ3v) is 3.13. The van der Waals surface area contributed by atoms with Gasteiger partial charge in [-0.1, -0.05) is 0 Å². The predicted molar refractivity (Wildman–Crippen MR) is 76.5 cm³/mol. The van der Waals surface area contributed by atoms with Gasteiger partial charge in [0.2, 0.25) is 0 Å². The SMILES string of the molecule is O=C1COCCN1c1ccc(NCCCO)c([N+](=O)[O-])c1. The van der Waals surface area contributed by atoms with E-state index in [1.807, 2.05) is 0 Å². The van der Waals surface area contributed by atoms with Gasteiger partial charge in [0.15, 0.2) is 0 Å². The monoisotopic (exact) mass is 295 g/mol. The largest absolute Gasteiger partial charge is 0.396 e. The van der Waals surface area contributed by atoms with E-state index in [9.17, 15) is 14.9 Å². The lowest BCUT2D eigenvalue weighted by atomic mass is 10.2. The highest BCUT2D eigenvalue weighted by Crippen LogP contribution is 2.30. The number of rotatable bonds is 6. The molecule has 2 rings (SSSR count). The van der Waals surface area contributed by atoms with Crippen molar-refractivity contribution in [1.29, 1.82) is 0 Å². The molecule has 0 aromatic heterocycles. The number of aliphatic hydroxyl groups excluding tert-OH is 1. The van der Waals surface area contributed by atoms with Gasteiger partial charge in [-0.05, 0) is 18.6 Å². The molecule has 8 heteroatoms. The lowest BCUT2D eigenvalue weighted by Crippen LogP contribution is -2.41. The molecule has 1 amide bonds. The fourth-order valence-electron chi connectivity index (χ4n) is 2.08. The van der Waals surface area contributed by atoms with E-state index in [-0.39, 0.29) is 24.8 Å². The summed E-state index contributed by atoms with van der Waals surface area (Å²) < 4.78 is 5.04. The molecule has 8 nitrogen and oxygen atoms in total. The van der Waals surface area contributed by atoms with Crippen molar-refractivity contribution in [3.63, 3.8) is 0 Å². The molecule has 0 atom stereocenters. The summed E-state index contributed by atoms with van der Waals surface area (Å²) in [5, 5.41) is 22.8. The first kappa shape index (κ1) is 15.2. The molecule has 1 aliphatic heterocycles. The molecule has 0 bridgehead atoms. The first-order chi connectivity index (χ1) is 10.1. The van der Waals surface area contributed by atoms with Crippen LogP contribution in [0.5, 0.6) is 0 Å². The van der Waals surface area contributed by atoms with Crippen molar-refractivity contribution in [2.24, 2.45) is 0 Å². The van der Waals surface area contributed by atoms with E-state index >= 15 is 0 Å². The van der Waals surface area contributed by atoms with Gasteiger partial charge in [-0.3, -0.25) is 14.9 Å². The van der Waals surface area contributed by atoms with Gasteiger partial charge >= 0.3 is 0 Å². The van der Waals surface area contributed by atoms with Crippen molar-refractivity contribution >= 4 is 23.0 Å². The van der Waals surface area contributed by atoms with Crippen molar-refractivity contribution in [3.05, 3.63) is 28.3 Å². The molecule has 1 aliphatic rings. The van der Waals surface area contributed by atoms with Crippen LogP contribution in [0.4, 0.5) is 17.1 Å². The number of carbonyl (C=O) groups excluding carboxylic acids is 1. The highest BCUT2D eigenvalue weighted by molar-refractivity contribution is 5.95. The highest BCUT2D eigenvalue weighted by Gasteiger charge is 2.23. The highest BCUT2D eigenvalue weighted by atomic mass is 16.6. The molecule has 0 unspecified atom stereocenters. The Balaban J connectivity index is 2.22. The summed E-state index contributed by atoms with van der Waals surface area (Å²) in [4.78, 5) is 23.9. The van der Waals surface area contributed by atoms with Gasteiger partial charge in [-0.15, -0.1) is 0 Å². The number of benzene rings is 1. The Labute approximate surface area is 121 Å². The number of ether oxygens (including phenoxy) is 1. The smallest absolute Gasteiger partial charge is 0.294 e. The molecule has 1 aromatic rings. The molecule has 114 valence electrons. The number of anilines is 2. The van der Waals surface area contributed by atoms with E-state index in [0.717, 1.165) is 0 Å². The molecule has 0 saturated carbocycles. The second-order valence-electron chi connectivity index (χ2n) is 4.56. The first-order valence-electron chi connectivity index (χ1n) is 6.65. The number of hydrogen-bond donors (Lipinski definition) is 2. The zero-order chi connectivity index (χ0) is 15.2. The van der Waals surface area contributed by atoms with Crippen LogP contribution >= 0.6 is 0 Å². The van der Waals surface area contributed by atoms with Crippen molar-refractivity contribution in [3.8, 4) is 0 Å². The molecule has 1 heterocycles. The summed E-state index contributed by atoms with van der Waals surface area (Å²) in [6.45, 7) is 1.24.